The van der Waals surface area contributed by atoms with E-state index in [0.29, 0.717) is 17.2 Å². The van der Waals surface area contributed by atoms with E-state index in [9.17, 15) is 27.5 Å². The molecule has 2 rings (SSSR count). The second-order valence-corrected chi connectivity index (χ2v) is 6.49. The van der Waals surface area contributed by atoms with Crippen LogP contribution in [0.3, 0.4) is 0 Å². The average molecular weight is 354 g/mol. The molecule has 25 heavy (non-hydrogen) atoms. The fourth-order valence-corrected chi connectivity index (χ4v) is 2.59. The van der Waals surface area contributed by atoms with Crippen LogP contribution in [0.2, 0.25) is 0 Å². The Morgan fingerprint density at radius 1 is 0.840 bits per heavy atom. The minimum absolute atomic E-state index is 0.0264. The number of hydrogen-bond donors (Lipinski definition) is 1. The molecule has 0 saturated carbocycles. The molecule has 2 aromatic carbocycles. The number of aromatic hydroxyl groups is 1. The fourth-order valence-electron chi connectivity index (χ4n) is 2.59. The summed E-state index contributed by atoms with van der Waals surface area (Å²) in [6.07, 6.45) is 0. The smallest absolute Gasteiger partial charge is 0.198 e. The molecule has 1 N–H and O–H groups in total. The summed E-state index contributed by atoms with van der Waals surface area (Å²) in [7, 11) is 0. The number of carbonyl (C=O) groups excluding carboxylic acids is 1. The third-order valence-corrected chi connectivity index (χ3v) is 4.02. The summed E-state index contributed by atoms with van der Waals surface area (Å²) in [6.45, 7) is 7.19. The largest absolute Gasteiger partial charge is 0.507 e. The summed E-state index contributed by atoms with van der Waals surface area (Å²) in [4.78, 5) is 12.6. The number of phenolic OH excluding ortho intramolecular Hbond substituents is 1. The van der Waals surface area contributed by atoms with E-state index in [0.717, 1.165) is 0 Å². The van der Waals surface area contributed by atoms with Gasteiger partial charge in [-0.05, 0) is 41.2 Å². The van der Waals surface area contributed by atoms with Crippen LogP contribution in [0.5, 0.6) is 5.75 Å². The zero-order valence-corrected chi connectivity index (χ0v) is 14.3. The van der Waals surface area contributed by atoms with Crippen molar-refractivity contribution in [2.75, 3.05) is 0 Å². The Bertz CT molecular complexity index is 813. The summed E-state index contributed by atoms with van der Waals surface area (Å²) in [5, 5.41) is 10.3. The Kier molecular flexibility index (Phi) is 5.20. The molecule has 0 aromatic heterocycles. The first-order valence-electron chi connectivity index (χ1n) is 7.80. The first-order valence-corrected chi connectivity index (χ1v) is 7.80. The summed E-state index contributed by atoms with van der Waals surface area (Å²) in [5.41, 5.74) is -0.0166. The minimum atomic E-state index is -2.03. The van der Waals surface area contributed by atoms with E-state index in [1.165, 1.54) is 12.1 Å². The van der Waals surface area contributed by atoms with Crippen molar-refractivity contribution in [3.63, 3.8) is 0 Å². The van der Waals surface area contributed by atoms with E-state index in [4.69, 9.17) is 0 Å². The molecular weight excluding hydrogens is 336 g/mol. The zero-order chi connectivity index (χ0) is 19.0. The molecule has 6 heteroatoms. The Morgan fingerprint density at radius 2 is 1.32 bits per heavy atom. The molecule has 0 unspecified atom stereocenters. The standard InChI is InChI=1S/C19H18F4O2/c1-8(2)11-5-10(6-12(9(3)4)19(11)25)18(24)13-7-14(20)16(22)17(23)15(13)21/h5-9,25H,1-4H3. The van der Waals surface area contributed by atoms with Crippen LogP contribution in [-0.2, 0) is 0 Å². The van der Waals surface area contributed by atoms with Crippen LogP contribution >= 0.6 is 0 Å². The molecular formula is C19H18F4O2. The number of ketones is 1. The predicted octanol–water partition coefficient (Wildman–Crippen LogP) is 5.43. The highest BCUT2D eigenvalue weighted by molar-refractivity contribution is 6.09. The summed E-state index contributed by atoms with van der Waals surface area (Å²) >= 11 is 0. The second kappa shape index (κ2) is 6.86. The van der Waals surface area contributed by atoms with Crippen LogP contribution < -0.4 is 0 Å². The van der Waals surface area contributed by atoms with Gasteiger partial charge < -0.3 is 5.11 Å². The van der Waals surface area contributed by atoms with E-state index in [-0.39, 0.29) is 23.1 Å². The van der Waals surface area contributed by atoms with Crippen LogP contribution in [0.25, 0.3) is 0 Å². The zero-order valence-electron chi connectivity index (χ0n) is 14.3. The first kappa shape index (κ1) is 19.0. The van der Waals surface area contributed by atoms with E-state index in [1.54, 1.807) is 27.7 Å². The molecule has 134 valence electrons. The van der Waals surface area contributed by atoms with Crippen molar-refractivity contribution in [1.29, 1.82) is 0 Å². The van der Waals surface area contributed by atoms with Gasteiger partial charge in [0.25, 0.3) is 0 Å². The topological polar surface area (TPSA) is 37.3 Å². The van der Waals surface area contributed by atoms with Gasteiger partial charge in [0.05, 0.1) is 5.56 Å². The van der Waals surface area contributed by atoms with Gasteiger partial charge in [-0.15, -0.1) is 0 Å². The maximum absolute atomic E-state index is 13.9. The lowest BCUT2D eigenvalue weighted by atomic mass is 9.89. The Morgan fingerprint density at radius 3 is 1.76 bits per heavy atom. The van der Waals surface area contributed by atoms with E-state index in [2.05, 4.69) is 0 Å². The van der Waals surface area contributed by atoms with Gasteiger partial charge in [0.2, 0.25) is 0 Å². The lowest BCUT2D eigenvalue weighted by Crippen LogP contribution is -2.11. The molecule has 2 nitrogen and oxygen atoms in total. The van der Waals surface area contributed by atoms with Crippen molar-refractivity contribution in [3.8, 4) is 5.75 Å². The summed E-state index contributed by atoms with van der Waals surface area (Å²) in [5.74, 6) is -8.63. The number of hydrogen-bond acceptors (Lipinski definition) is 2. The molecule has 0 radical (unpaired) electrons. The van der Waals surface area contributed by atoms with E-state index < -0.39 is 34.6 Å². The van der Waals surface area contributed by atoms with Gasteiger partial charge in [-0.3, -0.25) is 4.79 Å². The van der Waals surface area contributed by atoms with Gasteiger partial charge in [0.15, 0.2) is 29.1 Å². The molecule has 0 amide bonds. The number of rotatable bonds is 4. The molecule has 0 aliphatic rings. The molecule has 0 atom stereocenters. The fraction of sp³-hybridized carbons (Fsp3) is 0.316. The Hall–Kier alpha value is -2.37. The van der Waals surface area contributed by atoms with Crippen LogP contribution in [0.15, 0.2) is 18.2 Å². The number of benzene rings is 2. The Labute approximate surface area is 143 Å². The van der Waals surface area contributed by atoms with Crippen molar-refractivity contribution in [3.05, 3.63) is 63.7 Å². The SMILES string of the molecule is CC(C)c1cc(C(=O)c2cc(F)c(F)c(F)c2F)cc(C(C)C)c1O. The third-order valence-electron chi connectivity index (χ3n) is 4.02. The van der Waals surface area contributed by atoms with Crippen LogP contribution in [0.4, 0.5) is 17.6 Å². The Balaban J connectivity index is 2.69. The highest BCUT2D eigenvalue weighted by atomic mass is 19.2. The van der Waals surface area contributed by atoms with Gasteiger partial charge in [0, 0.05) is 5.56 Å². The molecule has 0 aliphatic heterocycles. The third kappa shape index (κ3) is 3.38. The quantitative estimate of drug-likeness (QED) is 0.344. The highest BCUT2D eigenvalue weighted by Crippen LogP contribution is 2.35. The van der Waals surface area contributed by atoms with Crippen LogP contribution in [-0.4, -0.2) is 10.9 Å². The second-order valence-electron chi connectivity index (χ2n) is 6.49. The highest BCUT2D eigenvalue weighted by Gasteiger charge is 2.25. The van der Waals surface area contributed by atoms with Gasteiger partial charge >= 0.3 is 0 Å². The molecule has 0 bridgehead atoms. The molecule has 0 spiro atoms. The van der Waals surface area contributed by atoms with Gasteiger partial charge in [-0.2, -0.15) is 0 Å². The maximum atomic E-state index is 13.9. The average Bonchev–Trinajstić information content (AvgIpc) is 2.55. The first-order chi connectivity index (χ1) is 11.6. The van der Waals surface area contributed by atoms with E-state index >= 15 is 0 Å². The van der Waals surface area contributed by atoms with Crippen molar-refractivity contribution in [1.82, 2.24) is 0 Å². The summed E-state index contributed by atoms with van der Waals surface area (Å²) in [6, 6.07) is 3.05. The predicted molar refractivity (Wildman–Crippen MR) is 86.0 cm³/mol. The van der Waals surface area contributed by atoms with Crippen molar-refractivity contribution < 1.29 is 27.5 Å². The minimum Gasteiger partial charge on any atom is -0.507 e. The van der Waals surface area contributed by atoms with Crippen LogP contribution in [0.1, 0.15) is 66.6 Å². The van der Waals surface area contributed by atoms with Crippen molar-refractivity contribution >= 4 is 5.78 Å². The van der Waals surface area contributed by atoms with Crippen molar-refractivity contribution in [2.24, 2.45) is 0 Å². The lowest BCUT2D eigenvalue weighted by molar-refractivity contribution is 0.103. The van der Waals surface area contributed by atoms with E-state index in [1.807, 2.05) is 0 Å². The van der Waals surface area contributed by atoms with Gasteiger partial charge in [0.1, 0.15) is 5.75 Å². The normalized spacial score (nSPS) is 11.4. The number of halogens is 4. The molecule has 2 aromatic rings. The lowest BCUT2D eigenvalue weighted by Gasteiger charge is -2.17. The molecule has 0 aliphatic carbocycles. The number of phenols is 1. The molecule has 0 saturated heterocycles. The summed E-state index contributed by atoms with van der Waals surface area (Å²) < 4.78 is 53.8. The maximum Gasteiger partial charge on any atom is 0.198 e. The van der Waals surface area contributed by atoms with Crippen molar-refractivity contribution in [2.45, 2.75) is 39.5 Å². The molecule has 0 fully saturated rings. The van der Waals surface area contributed by atoms with Gasteiger partial charge in [-0.1, -0.05) is 27.7 Å². The monoisotopic (exact) mass is 354 g/mol. The number of carbonyl (C=O) groups is 1. The van der Waals surface area contributed by atoms with Gasteiger partial charge in [-0.25, -0.2) is 17.6 Å². The molecule has 0 heterocycles. The van der Waals surface area contributed by atoms with Crippen LogP contribution in [0, 0.1) is 23.3 Å².